The Morgan fingerprint density at radius 2 is 1.85 bits per heavy atom. The first-order valence-corrected chi connectivity index (χ1v) is 9.28. The summed E-state index contributed by atoms with van der Waals surface area (Å²) in [7, 11) is 0. The summed E-state index contributed by atoms with van der Waals surface area (Å²) < 4.78 is 6.84. The summed E-state index contributed by atoms with van der Waals surface area (Å²) in [5.41, 5.74) is 1.41. The molecule has 1 amide bonds. The number of carbonyl (C=O) groups excluding carboxylic acids is 1. The highest BCUT2D eigenvalue weighted by Gasteiger charge is 2.16. The number of nitrogens with one attached hydrogen (secondary N) is 1. The summed E-state index contributed by atoms with van der Waals surface area (Å²) in [6.07, 6.45) is 0.716. The van der Waals surface area contributed by atoms with Crippen molar-refractivity contribution in [1.82, 2.24) is 5.32 Å². The first kappa shape index (κ1) is 16.5. The first-order valence-electron chi connectivity index (χ1n) is 8.40. The van der Waals surface area contributed by atoms with Crippen LogP contribution in [-0.2, 0) is 6.42 Å². The van der Waals surface area contributed by atoms with Crippen LogP contribution in [0.1, 0.15) is 23.0 Å². The molecule has 0 spiro atoms. The Bertz CT molecular complexity index is 1160. The van der Waals surface area contributed by atoms with E-state index < -0.39 is 0 Å². The van der Waals surface area contributed by atoms with Gasteiger partial charge in [-0.1, -0.05) is 30.3 Å². The molecule has 130 valence electrons. The van der Waals surface area contributed by atoms with Gasteiger partial charge in [0.15, 0.2) is 11.2 Å². The molecule has 0 saturated heterocycles. The number of fused-ring (bicyclic) bond motifs is 2. The molecular weight excluding hydrogens is 346 g/mol. The maximum atomic E-state index is 12.5. The van der Waals surface area contributed by atoms with E-state index in [0.29, 0.717) is 17.4 Å². The van der Waals surface area contributed by atoms with Crippen molar-refractivity contribution in [1.29, 1.82) is 0 Å². The van der Waals surface area contributed by atoms with Gasteiger partial charge in [0.1, 0.15) is 5.58 Å². The quantitative estimate of drug-likeness (QED) is 0.586. The molecular formula is C21H17NO3S. The van der Waals surface area contributed by atoms with Crippen molar-refractivity contribution in [2.24, 2.45) is 0 Å². The lowest BCUT2D eigenvalue weighted by Gasteiger charge is -2.13. The van der Waals surface area contributed by atoms with E-state index in [1.54, 1.807) is 35.6 Å². The average Bonchev–Trinajstić information content (AvgIpc) is 3.04. The molecule has 1 N–H and O–H groups in total. The molecule has 2 aromatic heterocycles. The van der Waals surface area contributed by atoms with E-state index in [1.165, 1.54) is 21.7 Å². The number of carbonyl (C=O) groups is 1. The molecule has 1 atom stereocenters. The standard InChI is InChI=1S/C21H17NO3S/c1-13(10-14-12-26-20-9-5-3-6-15(14)20)22-21(24)19-11-17(23)16-7-2-4-8-18(16)25-19/h2-9,11-13H,10H2,1H3,(H,22,24). The van der Waals surface area contributed by atoms with Crippen molar-refractivity contribution in [2.75, 3.05) is 0 Å². The van der Waals surface area contributed by atoms with Gasteiger partial charge in [-0.05, 0) is 47.9 Å². The van der Waals surface area contributed by atoms with Gasteiger partial charge in [0, 0.05) is 16.8 Å². The van der Waals surface area contributed by atoms with Crippen LogP contribution in [0.3, 0.4) is 0 Å². The van der Waals surface area contributed by atoms with Gasteiger partial charge < -0.3 is 9.73 Å². The van der Waals surface area contributed by atoms with Crippen molar-refractivity contribution in [2.45, 2.75) is 19.4 Å². The minimum absolute atomic E-state index is 0.0377. The molecule has 2 aromatic carbocycles. The fourth-order valence-electron chi connectivity index (χ4n) is 3.08. The van der Waals surface area contributed by atoms with Crippen LogP contribution >= 0.6 is 11.3 Å². The van der Waals surface area contributed by atoms with Gasteiger partial charge in [0.05, 0.1) is 5.39 Å². The Balaban J connectivity index is 1.53. The highest BCUT2D eigenvalue weighted by Crippen LogP contribution is 2.26. The third-order valence-electron chi connectivity index (χ3n) is 4.32. The minimum Gasteiger partial charge on any atom is -0.451 e. The van der Waals surface area contributed by atoms with Crippen LogP contribution in [0.2, 0.25) is 0 Å². The Morgan fingerprint density at radius 3 is 2.69 bits per heavy atom. The summed E-state index contributed by atoms with van der Waals surface area (Å²) in [6.45, 7) is 1.95. The molecule has 5 heteroatoms. The number of hydrogen-bond acceptors (Lipinski definition) is 4. The molecule has 2 heterocycles. The predicted molar refractivity (Wildman–Crippen MR) is 105 cm³/mol. The van der Waals surface area contributed by atoms with Crippen LogP contribution in [0.5, 0.6) is 0 Å². The van der Waals surface area contributed by atoms with Gasteiger partial charge in [-0.2, -0.15) is 0 Å². The predicted octanol–water partition coefficient (Wildman–Crippen LogP) is 4.37. The number of para-hydroxylation sites is 1. The number of amides is 1. The van der Waals surface area contributed by atoms with Crippen LogP contribution in [0, 0.1) is 0 Å². The highest BCUT2D eigenvalue weighted by atomic mass is 32.1. The Morgan fingerprint density at radius 1 is 1.12 bits per heavy atom. The van der Waals surface area contributed by atoms with E-state index in [1.807, 2.05) is 19.1 Å². The molecule has 0 aliphatic rings. The van der Waals surface area contributed by atoms with E-state index >= 15 is 0 Å². The molecule has 0 radical (unpaired) electrons. The summed E-state index contributed by atoms with van der Waals surface area (Å²) in [6, 6.07) is 16.3. The van der Waals surface area contributed by atoms with E-state index in [4.69, 9.17) is 4.42 Å². The van der Waals surface area contributed by atoms with Crippen LogP contribution in [0.25, 0.3) is 21.1 Å². The number of thiophene rings is 1. The van der Waals surface area contributed by atoms with Gasteiger partial charge in [0.25, 0.3) is 5.91 Å². The van der Waals surface area contributed by atoms with Gasteiger partial charge in [-0.3, -0.25) is 9.59 Å². The van der Waals surface area contributed by atoms with Crippen LogP contribution in [-0.4, -0.2) is 11.9 Å². The largest absolute Gasteiger partial charge is 0.451 e. The van der Waals surface area contributed by atoms with E-state index in [-0.39, 0.29) is 23.1 Å². The monoisotopic (exact) mass is 363 g/mol. The molecule has 0 fully saturated rings. The SMILES string of the molecule is CC(Cc1csc2ccccc12)NC(=O)c1cc(=O)c2ccccc2o1. The average molecular weight is 363 g/mol. The number of hydrogen-bond donors (Lipinski definition) is 1. The molecule has 4 nitrogen and oxygen atoms in total. The Hall–Kier alpha value is -2.92. The topological polar surface area (TPSA) is 59.3 Å². The lowest BCUT2D eigenvalue weighted by atomic mass is 10.1. The lowest BCUT2D eigenvalue weighted by molar-refractivity contribution is 0.0912. The summed E-state index contributed by atoms with van der Waals surface area (Å²) in [5.74, 6) is -0.337. The lowest BCUT2D eigenvalue weighted by Crippen LogP contribution is -2.34. The molecule has 0 aliphatic carbocycles. The van der Waals surface area contributed by atoms with Crippen molar-refractivity contribution in [3.05, 3.63) is 81.5 Å². The molecule has 0 saturated carbocycles. The van der Waals surface area contributed by atoms with E-state index in [9.17, 15) is 9.59 Å². The fourth-order valence-corrected chi connectivity index (χ4v) is 4.06. The third kappa shape index (κ3) is 3.13. The van der Waals surface area contributed by atoms with Crippen LogP contribution < -0.4 is 10.7 Å². The molecule has 1 unspecified atom stereocenters. The maximum absolute atomic E-state index is 12.5. The van der Waals surface area contributed by atoms with Crippen molar-refractivity contribution in [3.8, 4) is 0 Å². The van der Waals surface area contributed by atoms with Crippen molar-refractivity contribution >= 4 is 38.3 Å². The highest BCUT2D eigenvalue weighted by molar-refractivity contribution is 7.17. The summed E-state index contributed by atoms with van der Waals surface area (Å²) >= 11 is 1.70. The Kier molecular flexibility index (Phi) is 4.31. The second kappa shape index (κ2) is 6.77. The molecule has 0 bridgehead atoms. The Labute approximate surface area is 154 Å². The van der Waals surface area contributed by atoms with Crippen LogP contribution in [0.4, 0.5) is 0 Å². The summed E-state index contributed by atoms with van der Waals surface area (Å²) in [5, 5.41) is 6.74. The second-order valence-corrected chi connectivity index (χ2v) is 7.22. The third-order valence-corrected chi connectivity index (χ3v) is 5.34. The van der Waals surface area contributed by atoms with Gasteiger partial charge in [0.2, 0.25) is 0 Å². The normalized spacial score (nSPS) is 12.3. The van der Waals surface area contributed by atoms with E-state index in [0.717, 1.165) is 0 Å². The zero-order chi connectivity index (χ0) is 18.1. The molecule has 26 heavy (non-hydrogen) atoms. The second-order valence-electron chi connectivity index (χ2n) is 6.31. The smallest absolute Gasteiger partial charge is 0.287 e. The van der Waals surface area contributed by atoms with Crippen LogP contribution in [0.15, 0.2) is 69.2 Å². The fraction of sp³-hybridized carbons (Fsp3) is 0.143. The van der Waals surface area contributed by atoms with E-state index in [2.05, 4.69) is 22.8 Å². The first-order chi connectivity index (χ1) is 12.6. The number of rotatable bonds is 4. The molecule has 4 aromatic rings. The zero-order valence-electron chi connectivity index (χ0n) is 14.2. The number of benzene rings is 2. The summed E-state index contributed by atoms with van der Waals surface area (Å²) in [4.78, 5) is 24.7. The van der Waals surface area contributed by atoms with Gasteiger partial charge in [-0.25, -0.2) is 0 Å². The van der Waals surface area contributed by atoms with Gasteiger partial charge in [-0.15, -0.1) is 11.3 Å². The maximum Gasteiger partial charge on any atom is 0.287 e. The molecule has 0 aliphatic heterocycles. The van der Waals surface area contributed by atoms with Crippen molar-refractivity contribution < 1.29 is 9.21 Å². The molecule has 4 rings (SSSR count). The zero-order valence-corrected chi connectivity index (χ0v) is 15.0. The van der Waals surface area contributed by atoms with Gasteiger partial charge >= 0.3 is 0 Å². The van der Waals surface area contributed by atoms with Crippen molar-refractivity contribution in [3.63, 3.8) is 0 Å². The minimum atomic E-state index is -0.375.